The van der Waals surface area contributed by atoms with E-state index >= 15 is 0 Å². The SMILES string of the molecule is COc1ccc(C)c(Br)c1C(CBr)CC(O[Si](C(C)C)(C(C)C)C(C)C)c1ccccc1. The third-order valence-corrected chi connectivity index (χ3v) is 14.8. The lowest BCUT2D eigenvalue weighted by Crippen LogP contribution is -2.48. The van der Waals surface area contributed by atoms with Crippen LogP contribution in [0.1, 0.15) is 76.7 Å². The van der Waals surface area contributed by atoms with E-state index in [0.717, 1.165) is 22.0 Å². The van der Waals surface area contributed by atoms with Gasteiger partial charge in [0, 0.05) is 21.3 Å². The van der Waals surface area contributed by atoms with Gasteiger partial charge in [-0.2, -0.15) is 0 Å². The second-order valence-corrected chi connectivity index (χ2v) is 16.6. The van der Waals surface area contributed by atoms with Crippen molar-refractivity contribution in [2.24, 2.45) is 0 Å². The highest BCUT2D eigenvalue weighted by Gasteiger charge is 2.47. The Morgan fingerprint density at radius 3 is 1.91 bits per heavy atom. The van der Waals surface area contributed by atoms with E-state index < -0.39 is 8.32 Å². The van der Waals surface area contributed by atoms with Gasteiger partial charge in [-0.1, -0.05) is 110 Å². The molecule has 5 heteroatoms. The van der Waals surface area contributed by atoms with Crippen LogP contribution in [0.5, 0.6) is 5.75 Å². The quantitative estimate of drug-likeness (QED) is 0.194. The van der Waals surface area contributed by atoms with Crippen molar-refractivity contribution in [1.29, 1.82) is 0 Å². The Kier molecular flexibility index (Phi) is 10.5. The Morgan fingerprint density at radius 1 is 0.875 bits per heavy atom. The molecule has 0 radical (unpaired) electrons. The smallest absolute Gasteiger partial charge is 0.201 e. The van der Waals surface area contributed by atoms with Crippen molar-refractivity contribution >= 4 is 40.2 Å². The number of alkyl halides is 1. The van der Waals surface area contributed by atoms with Crippen LogP contribution in [-0.4, -0.2) is 20.8 Å². The molecule has 2 aromatic carbocycles. The molecule has 0 saturated heterocycles. The van der Waals surface area contributed by atoms with Crippen LogP contribution in [0.3, 0.4) is 0 Å². The zero-order chi connectivity index (χ0) is 24.1. The molecule has 2 atom stereocenters. The summed E-state index contributed by atoms with van der Waals surface area (Å²) >= 11 is 7.68. The molecule has 2 nitrogen and oxygen atoms in total. The summed E-state index contributed by atoms with van der Waals surface area (Å²) in [6.45, 7) is 16.3. The molecule has 0 bridgehead atoms. The third-order valence-electron chi connectivity index (χ3n) is 6.87. The van der Waals surface area contributed by atoms with Crippen LogP contribution in [0.25, 0.3) is 0 Å². The molecule has 0 N–H and O–H groups in total. The standard InChI is InChI=1S/C27H40Br2O2Si/c1-18(2)32(19(3)4,20(5)6)31-25(22-12-10-9-11-13-22)16-23(17-28)26-24(30-8)15-14-21(7)27(26)29/h9-15,18-20,23,25H,16-17H2,1-8H3. The molecule has 0 amide bonds. The number of rotatable bonds is 11. The molecule has 2 rings (SSSR count). The van der Waals surface area contributed by atoms with E-state index in [0.29, 0.717) is 16.6 Å². The fourth-order valence-corrected chi connectivity index (χ4v) is 12.1. The van der Waals surface area contributed by atoms with Gasteiger partial charge >= 0.3 is 0 Å². The van der Waals surface area contributed by atoms with E-state index in [1.165, 1.54) is 16.7 Å². The fraction of sp³-hybridized carbons (Fsp3) is 0.556. The van der Waals surface area contributed by atoms with Crippen LogP contribution in [-0.2, 0) is 4.43 Å². The Labute approximate surface area is 213 Å². The first-order chi connectivity index (χ1) is 15.1. The zero-order valence-corrected chi connectivity index (χ0v) is 25.1. The first-order valence-electron chi connectivity index (χ1n) is 11.7. The van der Waals surface area contributed by atoms with Crippen molar-refractivity contribution in [2.75, 3.05) is 12.4 Å². The average molecular weight is 585 g/mol. The highest BCUT2D eigenvalue weighted by atomic mass is 79.9. The van der Waals surface area contributed by atoms with Gasteiger partial charge in [0.25, 0.3) is 0 Å². The topological polar surface area (TPSA) is 18.5 Å². The second-order valence-electron chi connectivity index (χ2n) is 9.73. The van der Waals surface area contributed by atoms with Crippen molar-refractivity contribution in [3.63, 3.8) is 0 Å². The molecule has 0 spiro atoms. The third kappa shape index (κ3) is 5.89. The highest BCUT2D eigenvalue weighted by molar-refractivity contribution is 9.10. The molecule has 0 aliphatic carbocycles. The van der Waals surface area contributed by atoms with Crippen molar-refractivity contribution in [1.82, 2.24) is 0 Å². The van der Waals surface area contributed by atoms with Crippen LogP contribution in [0.4, 0.5) is 0 Å². The van der Waals surface area contributed by atoms with Gasteiger partial charge in [-0.3, -0.25) is 0 Å². The van der Waals surface area contributed by atoms with Crippen LogP contribution in [0.15, 0.2) is 46.9 Å². The molecular formula is C27H40Br2O2Si. The number of benzene rings is 2. The number of halogens is 2. The minimum absolute atomic E-state index is 0.0368. The maximum Gasteiger partial charge on any atom is 0.201 e. The lowest BCUT2D eigenvalue weighted by molar-refractivity contribution is 0.159. The van der Waals surface area contributed by atoms with Gasteiger partial charge in [0.2, 0.25) is 8.32 Å². The fourth-order valence-electron chi connectivity index (χ4n) is 5.33. The molecule has 2 aromatic rings. The number of hydrogen-bond donors (Lipinski definition) is 0. The van der Waals surface area contributed by atoms with E-state index in [-0.39, 0.29) is 12.0 Å². The lowest BCUT2D eigenvalue weighted by Gasteiger charge is -2.45. The Hall–Kier alpha value is -0.623. The van der Waals surface area contributed by atoms with Gasteiger partial charge in [-0.25, -0.2) is 0 Å². The predicted molar refractivity (Wildman–Crippen MR) is 148 cm³/mol. The monoisotopic (exact) mass is 582 g/mol. The maximum absolute atomic E-state index is 7.37. The summed E-state index contributed by atoms with van der Waals surface area (Å²) in [5.74, 6) is 1.18. The molecule has 0 aliphatic heterocycles. The summed E-state index contributed by atoms with van der Waals surface area (Å²) < 4.78 is 14.3. The molecule has 0 aliphatic rings. The molecule has 32 heavy (non-hydrogen) atoms. The summed E-state index contributed by atoms with van der Waals surface area (Å²) in [6.07, 6.45) is 0.934. The zero-order valence-electron chi connectivity index (χ0n) is 20.9. The van der Waals surface area contributed by atoms with Gasteiger partial charge in [0.05, 0.1) is 13.2 Å². The van der Waals surface area contributed by atoms with Gasteiger partial charge in [-0.15, -0.1) is 0 Å². The van der Waals surface area contributed by atoms with Gasteiger partial charge in [0.15, 0.2) is 0 Å². The minimum Gasteiger partial charge on any atom is -0.496 e. The minimum atomic E-state index is -2.06. The molecule has 2 unspecified atom stereocenters. The predicted octanol–water partition coefficient (Wildman–Crippen LogP) is 9.57. The summed E-state index contributed by atoms with van der Waals surface area (Å²) in [6, 6.07) is 15.0. The normalized spacial score (nSPS) is 14.3. The first-order valence-corrected chi connectivity index (χ1v) is 15.8. The van der Waals surface area contributed by atoms with Crippen LogP contribution < -0.4 is 4.74 Å². The number of methoxy groups -OCH3 is 1. The Morgan fingerprint density at radius 2 is 1.44 bits per heavy atom. The molecule has 0 saturated carbocycles. The lowest BCUT2D eigenvalue weighted by atomic mass is 9.90. The molecule has 178 valence electrons. The number of ether oxygens (including phenoxy) is 1. The van der Waals surface area contributed by atoms with E-state index in [9.17, 15) is 0 Å². The van der Waals surface area contributed by atoms with Crippen LogP contribution in [0.2, 0.25) is 16.6 Å². The van der Waals surface area contributed by atoms with E-state index in [2.05, 4.69) is 123 Å². The number of hydrogen-bond acceptors (Lipinski definition) is 2. The van der Waals surface area contributed by atoms with Gasteiger partial charge < -0.3 is 9.16 Å². The number of aryl methyl sites for hydroxylation is 1. The van der Waals surface area contributed by atoms with Crippen molar-refractivity contribution in [3.8, 4) is 5.75 Å². The molecule has 0 heterocycles. The summed E-state index contributed by atoms with van der Waals surface area (Å²) in [7, 11) is -0.303. The van der Waals surface area contributed by atoms with E-state index in [1.807, 2.05) is 0 Å². The summed E-state index contributed by atoms with van der Waals surface area (Å²) in [4.78, 5) is 0. The Balaban J connectivity index is 2.57. The van der Waals surface area contributed by atoms with Gasteiger partial charge in [-0.05, 0) is 47.2 Å². The van der Waals surface area contributed by atoms with Crippen molar-refractivity contribution in [3.05, 3.63) is 63.6 Å². The van der Waals surface area contributed by atoms with Crippen molar-refractivity contribution < 1.29 is 9.16 Å². The summed E-state index contributed by atoms with van der Waals surface area (Å²) in [5, 5.41) is 0.845. The Bertz CT molecular complexity index is 830. The molecular weight excluding hydrogens is 544 g/mol. The largest absolute Gasteiger partial charge is 0.496 e. The average Bonchev–Trinajstić information content (AvgIpc) is 2.76. The highest BCUT2D eigenvalue weighted by Crippen LogP contribution is 2.48. The maximum atomic E-state index is 7.37. The molecule has 0 fully saturated rings. The van der Waals surface area contributed by atoms with Crippen LogP contribution >= 0.6 is 31.9 Å². The van der Waals surface area contributed by atoms with E-state index in [4.69, 9.17) is 9.16 Å². The second kappa shape index (κ2) is 12.2. The van der Waals surface area contributed by atoms with Gasteiger partial charge in [0.1, 0.15) is 5.75 Å². The van der Waals surface area contributed by atoms with Crippen LogP contribution in [0, 0.1) is 6.92 Å². The molecule has 0 aromatic heterocycles. The first kappa shape index (κ1) is 27.6. The van der Waals surface area contributed by atoms with E-state index in [1.54, 1.807) is 7.11 Å². The van der Waals surface area contributed by atoms with Crippen molar-refractivity contribution in [2.45, 2.75) is 83.5 Å². The summed E-state index contributed by atoms with van der Waals surface area (Å²) in [5.41, 5.74) is 5.32.